The van der Waals surface area contributed by atoms with Crippen molar-refractivity contribution in [3.8, 4) is 0 Å². The van der Waals surface area contributed by atoms with E-state index >= 15 is 0 Å². The standard InChI is InChI=1S/C25H30ClN3/c1-17-15-19(28(3)4)11-13-21(17)25(27-24-10-8-7-9-23(24)26)22-14-12-20(29(5)6)16-18(22)2/h7-16,25,27H,1-6H3. The van der Waals surface area contributed by atoms with Gasteiger partial charge in [0, 0.05) is 39.6 Å². The van der Waals surface area contributed by atoms with E-state index in [1.54, 1.807) is 0 Å². The minimum absolute atomic E-state index is 0.00215. The molecule has 3 aromatic carbocycles. The first-order chi connectivity index (χ1) is 13.8. The molecule has 3 aromatic rings. The molecule has 0 aliphatic heterocycles. The van der Waals surface area contributed by atoms with Crippen LogP contribution in [0.25, 0.3) is 0 Å². The average molecular weight is 408 g/mol. The van der Waals surface area contributed by atoms with E-state index in [0.717, 1.165) is 10.7 Å². The van der Waals surface area contributed by atoms with E-state index in [1.807, 2.05) is 24.3 Å². The van der Waals surface area contributed by atoms with Crippen LogP contribution in [0.2, 0.25) is 5.02 Å². The molecule has 0 radical (unpaired) electrons. The summed E-state index contributed by atoms with van der Waals surface area (Å²) in [6.45, 7) is 4.35. The Morgan fingerprint density at radius 2 is 1.21 bits per heavy atom. The van der Waals surface area contributed by atoms with Crippen LogP contribution >= 0.6 is 11.6 Å². The lowest BCUT2D eigenvalue weighted by atomic mass is 9.91. The Kier molecular flexibility index (Phi) is 6.39. The lowest BCUT2D eigenvalue weighted by molar-refractivity contribution is 0.912. The third-order valence-electron chi connectivity index (χ3n) is 5.34. The Morgan fingerprint density at radius 1 is 0.724 bits per heavy atom. The maximum atomic E-state index is 6.48. The molecule has 1 N–H and O–H groups in total. The van der Waals surface area contributed by atoms with Crippen LogP contribution in [0.15, 0.2) is 60.7 Å². The van der Waals surface area contributed by atoms with Crippen molar-refractivity contribution in [1.29, 1.82) is 0 Å². The summed E-state index contributed by atoms with van der Waals surface area (Å²) in [7, 11) is 8.27. The number of anilines is 3. The third kappa shape index (κ3) is 4.68. The highest BCUT2D eigenvalue weighted by Gasteiger charge is 2.20. The summed E-state index contributed by atoms with van der Waals surface area (Å²) in [4.78, 5) is 4.26. The molecule has 0 saturated carbocycles. The molecule has 0 spiro atoms. The predicted molar refractivity (Wildman–Crippen MR) is 128 cm³/mol. The maximum Gasteiger partial charge on any atom is 0.0773 e. The highest BCUT2D eigenvalue weighted by atomic mass is 35.5. The van der Waals surface area contributed by atoms with E-state index in [0.29, 0.717) is 0 Å². The quantitative estimate of drug-likeness (QED) is 0.518. The topological polar surface area (TPSA) is 18.5 Å². The molecule has 0 aromatic heterocycles. The van der Waals surface area contributed by atoms with Gasteiger partial charge >= 0.3 is 0 Å². The Hall–Kier alpha value is -2.65. The monoisotopic (exact) mass is 407 g/mol. The fourth-order valence-corrected chi connectivity index (χ4v) is 3.77. The summed E-state index contributed by atoms with van der Waals surface area (Å²) in [5.41, 5.74) is 8.32. The second kappa shape index (κ2) is 8.79. The largest absolute Gasteiger partial charge is 0.378 e. The van der Waals surface area contributed by atoms with Crippen LogP contribution in [0.4, 0.5) is 17.1 Å². The summed E-state index contributed by atoms with van der Waals surface area (Å²) in [5.74, 6) is 0. The van der Waals surface area contributed by atoms with Gasteiger partial charge in [0.25, 0.3) is 0 Å². The normalized spacial score (nSPS) is 10.9. The molecule has 29 heavy (non-hydrogen) atoms. The van der Waals surface area contributed by atoms with Gasteiger partial charge in [-0.1, -0.05) is 35.9 Å². The molecular weight excluding hydrogens is 378 g/mol. The third-order valence-corrected chi connectivity index (χ3v) is 5.66. The summed E-state index contributed by atoms with van der Waals surface area (Å²) in [5, 5.41) is 4.42. The fourth-order valence-electron chi connectivity index (χ4n) is 3.58. The van der Waals surface area contributed by atoms with Crippen LogP contribution in [0, 0.1) is 13.8 Å². The summed E-state index contributed by atoms with van der Waals surface area (Å²) in [6, 6.07) is 21.2. The van der Waals surface area contributed by atoms with Gasteiger partial charge in [-0.3, -0.25) is 0 Å². The Balaban J connectivity index is 2.11. The summed E-state index contributed by atoms with van der Waals surface area (Å²) >= 11 is 6.48. The lowest BCUT2D eigenvalue weighted by Gasteiger charge is -2.27. The molecule has 0 fully saturated rings. The number of nitrogens with one attached hydrogen (secondary N) is 1. The van der Waals surface area contributed by atoms with Crippen LogP contribution in [-0.4, -0.2) is 28.2 Å². The molecule has 0 atom stereocenters. The van der Waals surface area contributed by atoms with Gasteiger partial charge < -0.3 is 15.1 Å². The Bertz CT molecular complexity index is 938. The average Bonchev–Trinajstić information content (AvgIpc) is 2.68. The molecule has 0 amide bonds. The van der Waals surface area contributed by atoms with E-state index < -0.39 is 0 Å². The number of rotatable bonds is 6. The lowest BCUT2D eigenvalue weighted by Crippen LogP contribution is -2.17. The van der Waals surface area contributed by atoms with Crippen molar-refractivity contribution >= 4 is 28.7 Å². The molecule has 0 saturated heterocycles. The number of nitrogens with zero attached hydrogens (tertiary/aromatic N) is 2. The molecule has 0 aliphatic rings. The van der Waals surface area contributed by atoms with E-state index in [1.165, 1.54) is 33.6 Å². The predicted octanol–water partition coefficient (Wildman–Crippen LogP) is 6.29. The number of para-hydroxylation sites is 1. The molecule has 0 heterocycles. The molecule has 0 bridgehead atoms. The zero-order chi connectivity index (χ0) is 21.1. The van der Waals surface area contributed by atoms with Crippen molar-refractivity contribution in [3.63, 3.8) is 0 Å². The van der Waals surface area contributed by atoms with Gasteiger partial charge in [-0.15, -0.1) is 0 Å². The number of hydrogen-bond donors (Lipinski definition) is 1. The minimum Gasteiger partial charge on any atom is -0.378 e. The summed E-state index contributed by atoms with van der Waals surface area (Å²) < 4.78 is 0. The fraction of sp³-hybridized carbons (Fsp3) is 0.280. The molecule has 0 unspecified atom stereocenters. The van der Waals surface area contributed by atoms with Crippen molar-refractivity contribution in [2.24, 2.45) is 0 Å². The van der Waals surface area contributed by atoms with Crippen LogP contribution in [0.5, 0.6) is 0 Å². The van der Waals surface area contributed by atoms with Crippen LogP contribution in [0.3, 0.4) is 0 Å². The smallest absolute Gasteiger partial charge is 0.0773 e. The molecule has 0 aliphatic carbocycles. The van der Waals surface area contributed by atoms with E-state index in [4.69, 9.17) is 11.6 Å². The van der Waals surface area contributed by atoms with E-state index in [-0.39, 0.29) is 6.04 Å². The highest BCUT2D eigenvalue weighted by Crippen LogP contribution is 2.35. The molecule has 152 valence electrons. The van der Waals surface area contributed by atoms with Gasteiger partial charge in [0.15, 0.2) is 0 Å². The molecular formula is C25H30ClN3. The van der Waals surface area contributed by atoms with Crippen LogP contribution in [0.1, 0.15) is 28.3 Å². The summed E-state index contributed by atoms with van der Waals surface area (Å²) in [6.07, 6.45) is 0. The van der Waals surface area contributed by atoms with Gasteiger partial charge in [-0.2, -0.15) is 0 Å². The van der Waals surface area contributed by atoms with Crippen LogP contribution < -0.4 is 15.1 Å². The number of hydrogen-bond acceptors (Lipinski definition) is 3. The van der Waals surface area contributed by atoms with Gasteiger partial charge in [0.1, 0.15) is 0 Å². The molecule has 4 heteroatoms. The first kappa shape index (κ1) is 21.1. The second-order valence-corrected chi connectivity index (χ2v) is 8.34. The number of halogens is 1. The van der Waals surface area contributed by atoms with Crippen molar-refractivity contribution in [2.75, 3.05) is 43.3 Å². The molecule has 3 rings (SSSR count). The van der Waals surface area contributed by atoms with Gasteiger partial charge in [-0.05, 0) is 72.5 Å². The minimum atomic E-state index is 0.00215. The number of benzene rings is 3. The maximum absolute atomic E-state index is 6.48. The van der Waals surface area contributed by atoms with Gasteiger partial charge in [-0.25, -0.2) is 0 Å². The Morgan fingerprint density at radius 3 is 1.62 bits per heavy atom. The van der Waals surface area contributed by atoms with Crippen molar-refractivity contribution < 1.29 is 0 Å². The number of aryl methyl sites for hydroxylation is 2. The van der Waals surface area contributed by atoms with Crippen LogP contribution in [-0.2, 0) is 0 Å². The zero-order valence-electron chi connectivity index (χ0n) is 18.1. The van der Waals surface area contributed by atoms with Gasteiger partial charge in [0.2, 0.25) is 0 Å². The van der Waals surface area contributed by atoms with Crippen molar-refractivity contribution in [3.05, 3.63) is 87.9 Å². The van der Waals surface area contributed by atoms with E-state index in [9.17, 15) is 0 Å². The first-order valence-corrected chi connectivity index (χ1v) is 10.2. The highest BCUT2D eigenvalue weighted by molar-refractivity contribution is 6.33. The van der Waals surface area contributed by atoms with Crippen molar-refractivity contribution in [1.82, 2.24) is 0 Å². The van der Waals surface area contributed by atoms with Gasteiger partial charge in [0.05, 0.1) is 16.8 Å². The second-order valence-electron chi connectivity index (χ2n) is 7.93. The van der Waals surface area contributed by atoms with E-state index in [2.05, 4.69) is 93.6 Å². The molecule has 3 nitrogen and oxygen atoms in total. The SMILES string of the molecule is Cc1cc(N(C)C)ccc1C(Nc1ccccc1Cl)c1ccc(N(C)C)cc1C. The zero-order valence-corrected chi connectivity index (χ0v) is 18.9. The van der Waals surface area contributed by atoms with Crippen molar-refractivity contribution in [2.45, 2.75) is 19.9 Å². The Labute approximate surface area is 179 Å². The first-order valence-electron chi connectivity index (χ1n) is 9.84.